The van der Waals surface area contributed by atoms with Crippen molar-refractivity contribution < 1.29 is 9.53 Å². The van der Waals surface area contributed by atoms with Crippen LogP contribution >= 0.6 is 0 Å². The van der Waals surface area contributed by atoms with Crippen LogP contribution in [-0.4, -0.2) is 61.3 Å². The minimum Gasteiger partial charge on any atom is -0.376 e. The Labute approximate surface area is 172 Å². The minimum absolute atomic E-state index is 0.121. The number of nitrogens with one attached hydrogen (secondary N) is 1. The molecule has 4 rings (SSSR count). The average molecular weight is 396 g/mol. The predicted octanol–water partition coefficient (Wildman–Crippen LogP) is 2.33. The standard InChI is InChI=1S/C22H29N5O2/c1-16-5-3-6-18(13-16)26-8-10-27(11-9-26)22-24-17(2)14-20(25-22)21(28)23-15-19-7-4-12-29-19/h3,5-6,13-14,19H,4,7-12,15H2,1-2H3,(H,23,28). The van der Waals surface area contributed by atoms with Gasteiger partial charge in [-0.3, -0.25) is 4.79 Å². The first-order valence-corrected chi connectivity index (χ1v) is 10.4. The van der Waals surface area contributed by atoms with Crippen LogP contribution in [0.5, 0.6) is 0 Å². The second-order valence-corrected chi connectivity index (χ2v) is 7.85. The Bertz CT molecular complexity index is 858. The molecule has 0 spiro atoms. The van der Waals surface area contributed by atoms with E-state index in [1.165, 1.54) is 11.3 Å². The van der Waals surface area contributed by atoms with E-state index >= 15 is 0 Å². The summed E-state index contributed by atoms with van der Waals surface area (Å²) in [5.41, 5.74) is 3.75. The van der Waals surface area contributed by atoms with Crippen molar-refractivity contribution in [2.24, 2.45) is 0 Å². The molecule has 7 nitrogen and oxygen atoms in total. The van der Waals surface area contributed by atoms with Gasteiger partial charge in [0.05, 0.1) is 6.10 Å². The molecule has 2 aliphatic rings. The number of benzene rings is 1. The summed E-state index contributed by atoms with van der Waals surface area (Å²) in [5, 5.41) is 2.95. The van der Waals surface area contributed by atoms with Gasteiger partial charge in [0.15, 0.2) is 0 Å². The third-order valence-electron chi connectivity index (χ3n) is 5.52. The molecular formula is C22H29N5O2. The number of carbonyl (C=O) groups is 1. The third kappa shape index (κ3) is 4.85. The molecule has 0 bridgehead atoms. The lowest BCUT2D eigenvalue weighted by molar-refractivity contribution is 0.0853. The molecule has 1 atom stereocenters. The van der Waals surface area contributed by atoms with Crippen molar-refractivity contribution in [3.8, 4) is 0 Å². The summed E-state index contributed by atoms with van der Waals surface area (Å²) in [5.74, 6) is 0.474. The molecule has 1 aromatic carbocycles. The normalized spacial score (nSPS) is 19.4. The summed E-state index contributed by atoms with van der Waals surface area (Å²) in [6.45, 7) is 8.81. The highest BCUT2D eigenvalue weighted by Crippen LogP contribution is 2.20. The third-order valence-corrected chi connectivity index (χ3v) is 5.52. The molecule has 3 heterocycles. The van der Waals surface area contributed by atoms with Gasteiger partial charge >= 0.3 is 0 Å². The summed E-state index contributed by atoms with van der Waals surface area (Å²) < 4.78 is 5.58. The molecule has 2 aromatic rings. The average Bonchev–Trinajstić information content (AvgIpc) is 3.25. The van der Waals surface area contributed by atoms with Gasteiger partial charge in [-0.25, -0.2) is 9.97 Å². The molecule has 2 aliphatic heterocycles. The lowest BCUT2D eigenvalue weighted by Crippen LogP contribution is -2.47. The van der Waals surface area contributed by atoms with E-state index in [0.717, 1.165) is 51.3 Å². The number of hydrogen-bond donors (Lipinski definition) is 1. The van der Waals surface area contributed by atoms with Crippen LogP contribution in [-0.2, 0) is 4.74 Å². The van der Waals surface area contributed by atoms with E-state index in [4.69, 9.17) is 4.74 Å². The zero-order valence-electron chi connectivity index (χ0n) is 17.2. The van der Waals surface area contributed by atoms with Crippen LogP contribution in [0, 0.1) is 13.8 Å². The first-order chi connectivity index (χ1) is 14.1. The number of nitrogens with zero attached hydrogens (tertiary/aromatic N) is 4. The second-order valence-electron chi connectivity index (χ2n) is 7.85. The number of ether oxygens (including phenoxy) is 1. The van der Waals surface area contributed by atoms with Gasteiger partial charge < -0.3 is 19.9 Å². The maximum absolute atomic E-state index is 12.6. The van der Waals surface area contributed by atoms with Crippen LogP contribution in [0.25, 0.3) is 0 Å². The number of aromatic nitrogens is 2. The maximum Gasteiger partial charge on any atom is 0.270 e. The van der Waals surface area contributed by atoms with Crippen LogP contribution in [0.1, 0.15) is 34.6 Å². The topological polar surface area (TPSA) is 70.6 Å². The summed E-state index contributed by atoms with van der Waals surface area (Å²) in [6.07, 6.45) is 2.18. The van der Waals surface area contributed by atoms with Crippen LogP contribution in [0.15, 0.2) is 30.3 Å². The molecule has 1 amide bonds. The SMILES string of the molecule is Cc1cccc(N2CCN(c3nc(C)cc(C(=O)NCC4CCCO4)n3)CC2)c1. The van der Waals surface area contributed by atoms with Crippen LogP contribution in [0.3, 0.4) is 0 Å². The van der Waals surface area contributed by atoms with Crippen molar-refractivity contribution in [2.75, 3.05) is 49.1 Å². The zero-order valence-corrected chi connectivity index (χ0v) is 17.2. The van der Waals surface area contributed by atoms with E-state index in [1.807, 2.05) is 6.92 Å². The smallest absolute Gasteiger partial charge is 0.270 e. The van der Waals surface area contributed by atoms with Crippen molar-refractivity contribution >= 4 is 17.5 Å². The molecule has 0 radical (unpaired) electrons. The summed E-state index contributed by atoms with van der Waals surface area (Å²) in [6, 6.07) is 10.3. The monoisotopic (exact) mass is 395 g/mol. The van der Waals surface area contributed by atoms with Crippen molar-refractivity contribution in [1.29, 1.82) is 0 Å². The van der Waals surface area contributed by atoms with Gasteiger partial charge in [0.1, 0.15) is 5.69 Å². The molecule has 0 saturated carbocycles. The lowest BCUT2D eigenvalue weighted by Gasteiger charge is -2.36. The Morgan fingerprint density at radius 2 is 1.93 bits per heavy atom. The summed E-state index contributed by atoms with van der Waals surface area (Å²) in [7, 11) is 0. The van der Waals surface area contributed by atoms with Crippen molar-refractivity contribution in [1.82, 2.24) is 15.3 Å². The van der Waals surface area contributed by atoms with Gasteiger partial charge in [0, 0.05) is 50.7 Å². The van der Waals surface area contributed by atoms with E-state index in [9.17, 15) is 4.79 Å². The Kier molecular flexibility index (Phi) is 5.94. The van der Waals surface area contributed by atoms with Crippen molar-refractivity contribution in [3.05, 3.63) is 47.3 Å². The van der Waals surface area contributed by atoms with E-state index in [-0.39, 0.29) is 12.0 Å². The van der Waals surface area contributed by atoms with Gasteiger partial charge in [-0.15, -0.1) is 0 Å². The zero-order chi connectivity index (χ0) is 20.2. The maximum atomic E-state index is 12.6. The molecule has 1 aromatic heterocycles. The Hall–Kier alpha value is -2.67. The fourth-order valence-corrected chi connectivity index (χ4v) is 3.90. The van der Waals surface area contributed by atoms with E-state index in [1.54, 1.807) is 6.07 Å². The van der Waals surface area contributed by atoms with Crippen molar-refractivity contribution in [3.63, 3.8) is 0 Å². The number of piperazine rings is 1. The molecule has 154 valence electrons. The lowest BCUT2D eigenvalue weighted by atomic mass is 10.2. The van der Waals surface area contributed by atoms with Gasteiger partial charge in [-0.2, -0.15) is 0 Å². The summed E-state index contributed by atoms with van der Waals surface area (Å²) in [4.78, 5) is 26.3. The molecular weight excluding hydrogens is 366 g/mol. The fraction of sp³-hybridized carbons (Fsp3) is 0.500. The largest absolute Gasteiger partial charge is 0.376 e. The molecule has 7 heteroatoms. The molecule has 0 aliphatic carbocycles. The Morgan fingerprint density at radius 3 is 2.66 bits per heavy atom. The highest BCUT2D eigenvalue weighted by atomic mass is 16.5. The van der Waals surface area contributed by atoms with E-state index < -0.39 is 0 Å². The van der Waals surface area contributed by atoms with Crippen molar-refractivity contribution in [2.45, 2.75) is 32.8 Å². The quantitative estimate of drug-likeness (QED) is 0.838. The van der Waals surface area contributed by atoms with Crippen LogP contribution in [0.2, 0.25) is 0 Å². The molecule has 1 unspecified atom stereocenters. The fourth-order valence-electron chi connectivity index (χ4n) is 3.90. The number of amides is 1. The number of anilines is 2. The number of carbonyl (C=O) groups excluding carboxylic acids is 1. The molecule has 29 heavy (non-hydrogen) atoms. The number of hydrogen-bond acceptors (Lipinski definition) is 6. The molecule has 2 saturated heterocycles. The highest BCUT2D eigenvalue weighted by Gasteiger charge is 2.22. The minimum atomic E-state index is -0.161. The van der Waals surface area contributed by atoms with E-state index in [0.29, 0.717) is 18.2 Å². The molecule has 1 N–H and O–H groups in total. The second kappa shape index (κ2) is 8.78. The number of rotatable bonds is 5. The van der Waals surface area contributed by atoms with Gasteiger partial charge in [0.25, 0.3) is 5.91 Å². The van der Waals surface area contributed by atoms with Gasteiger partial charge in [-0.1, -0.05) is 12.1 Å². The molecule has 2 fully saturated rings. The Balaban J connectivity index is 1.39. The predicted molar refractivity (Wildman–Crippen MR) is 114 cm³/mol. The highest BCUT2D eigenvalue weighted by molar-refractivity contribution is 5.92. The van der Waals surface area contributed by atoms with E-state index in [2.05, 4.69) is 56.3 Å². The van der Waals surface area contributed by atoms with Gasteiger partial charge in [0.2, 0.25) is 5.95 Å². The summed E-state index contributed by atoms with van der Waals surface area (Å²) >= 11 is 0. The first kappa shape index (κ1) is 19.6. The van der Waals surface area contributed by atoms with Crippen LogP contribution in [0.4, 0.5) is 11.6 Å². The van der Waals surface area contributed by atoms with Gasteiger partial charge in [-0.05, 0) is 50.5 Å². The first-order valence-electron chi connectivity index (χ1n) is 10.4. The Morgan fingerprint density at radius 1 is 1.14 bits per heavy atom. The van der Waals surface area contributed by atoms with Crippen LogP contribution < -0.4 is 15.1 Å². The number of aryl methyl sites for hydroxylation is 2.